The number of hydrogen-bond donors (Lipinski definition) is 1. The molecule has 2 aromatic heterocycles. The lowest BCUT2D eigenvalue weighted by Crippen LogP contribution is -2.38. The van der Waals surface area contributed by atoms with Crippen LogP contribution in [0.5, 0.6) is 0 Å². The number of nitrogens with zero attached hydrogens (tertiary/aromatic N) is 6. The fourth-order valence-electron chi connectivity index (χ4n) is 3.81. The lowest BCUT2D eigenvalue weighted by molar-refractivity contribution is -0.132. The van der Waals surface area contributed by atoms with Gasteiger partial charge < -0.3 is 15.1 Å². The molecule has 27 heavy (non-hydrogen) atoms. The summed E-state index contributed by atoms with van der Waals surface area (Å²) in [4.78, 5) is 25.2. The summed E-state index contributed by atoms with van der Waals surface area (Å²) >= 11 is 0. The molecule has 0 bridgehead atoms. The van der Waals surface area contributed by atoms with Gasteiger partial charge in [0.05, 0.1) is 37.2 Å². The highest BCUT2D eigenvalue weighted by Crippen LogP contribution is 2.16. The minimum atomic E-state index is 0.265. The monoisotopic (exact) mass is 369 g/mol. The van der Waals surface area contributed by atoms with Crippen LogP contribution in [-0.4, -0.2) is 61.6 Å². The summed E-state index contributed by atoms with van der Waals surface area (Å²) in [6, 6.07) is 2.08. The topological polar surface area (TPSA) is 79.2 Å². The number of amides is 1. The second kappa shape index (κ2) is 8.47. The Morgan fingerprint density at radius 2 is 2.04 bits per heavy atom. The van der Waals surface area contributed by atoms with Crippen LogP contribution in [-0.2, 0) is 24.4 Å². The summed E-state index contributed by atoms with van der Waals surface area (Å²) in [7, 11) is 0. The van der Waals surface area contributed by atoms with Crippen LogP contribution in [0, 0.1) is 0 Å². The average Bonchev–Trinajstić information content (AvgIpc) is 3.36. The van der Waals surface area contributed by atoms with Crippen molar-refractivity contribution in [3.8, 4) is 0 Å². The molecule has 4 heterocycles. The molecule has 1 N–H and O–H groups in total. The van der Waals surface area contributed by atoms with Gasteiger partial charge in [-0.2, -0.15) is 5.10 Å². The molecular formula is C19H27N7O. The Morgan fingerprint density at radius 3 is 2.85 bits per heavy atom. The first kappa shape index (κ1) is 17.9. The van der Waals surface area contributed by atoms with Gasteiger partial charge in [-0.05, 0) is 45.0 Å². The molecule has 1 amide bonds. The van der Waals surface area contributed by atoms with Crippen molar-refractivity contribution in [3.63, 3.8) is 0 Å². The normalized spacial score (nSPS) is 17.1. The first-order chi connectivity index (χ1) is 13.3. The maximum atomic E-state index is 12.5. The molecule has 2 aliphatic rings. The Bertz CT molecular complexity index is 755. The van der Waals surface area contributed by atoms with E-state index in [2.05, 4.69) is 31.3 Å². The molecule has 2 aromatic rings. The van der Waals surface area contributed by atoms with Crippen molar-refractivity contribution in [3.05, 3.63) is 36.0 Å². The lowest BCUT2D eigenvalue weighted by atomic mass is 10.2. The van der Waals surface area contributed by atoms with Gasteiger partial charge in [0.2, 0.25) is 5.91 Å². The van der Waals surface area contributed by atoms with E-state index in [1.165, 1.54) is 25.9 Å². The highest BCUT2D eigenvalue weighted by atomic mass is 16.2. The third-order valence-corrected chi connectivity index (χ3v) is 5.28. The Labute approximate surface area is 159 Å². The van der Waals surface area contributed by atoms with Crippen LogP contribution in [0.15, 0.2) is 24.7 Å². The lowest BCUT2D eigenvalue weighted by Gasteiger charge is -2.28. The van der Waals surface area contributed by atoms with Gasteiger partial charge in [0.25, 0.3) is 0 Å². The summed E-state index contributed by atoms with van der Waals surface area (Å²) in [5.41, 5.74) is 2.06. The number of carbonyl (C=O) groups excluding carboxylic acids is 1. The maximum absolute atomic E-state index is 12.5. The van der Waals surface area contributed by atoms with Gasteiger partial charge in [-0.1, -0.05) is 0 Å². The molecule has 1 fully saturated rings. The highest BCUT2D eigenvalue weighted by Gasteiger charge is 2.22. The molecule has 8 nitrogen and oxygen atoms in total. The fraction of sp³-hybridized carbons (Fsp3) is 0.579. The van der Waals surface area contributed by atoms with Crippen molar-refractivity contribution in [1.82, 2.24) is 29.5 Å². The van der Waals surface area contributed by atoms with Gasteiger partial charge in [-0.25, -0.2) is 4.98 Å². The van der Waals surface area contributed by atoms with Crippen molar-refractivity contribution in [2.45, 2.75) is 45.3 Å². The van der Waals surface area contributed by atoms with Crippen LogP contribution in [0.3, 0.4) is 0 Å². The quantitative estimate of drug-likeness (QED) is 0.797. The van der Waals surface area contributed by atoms with Crippen LogP contribution in [0.25, 0.3) is 0 Å². The maximum Gasteiger partial charge on any atom is 0.223 e. The van der Waals surface area contributed by atoms with Gasteiger partial charge in [-0.15, -0.1) is 0 Å². The Kier molecular flexibility index (Phi) is 5.62. The largest absolute Gasteiger partial charge is 0.363 e. The molecular weight excluding hydrogens is 342 g/mol. The molecule has 0 aliphatic carbocycles. The SMILES string of the molecule is O=C(CCCN1CCCC1)N1CCn2nc(CNc3cnccn3)cc2C1. The summed E-state index contributed by atoms with van der Waals surface area (Å²) in [6.45, 7) is 6.20. The zero-order chi connectivity index (χ0) is 18.5. The number of rotatable bonds is 7. The molecule has 0 spiro atoms. The average molecular weight is 369 g/mol. The van der Waals surface area contributed by atoms with Crippen LogP contribution in [0.2, 0.25) is 0 Å². The number of aromatic nitrogens is 4. The van der Waals surface area contributed by atoms with Crippen LogP contribution >= 0.6 is 0 Å². The molecule has 1 saturated heterocycles. The van der Waals surface area contributed by atoms with E-state index >= 15 is 0 Å². The molecule has 2 aliphatic heterocycles. The minimum absolute atomic E-state index is 0.265. The van der Waals surface area contributed by atoms with Gasteiger partial charge in [0.15, 0.2) is 0 Å². The van der Waals surface area contributed by atoms with E-state index in [4.69, 9.17) is 0 Å². The van der Waals surface area contributed by atoms with E-state index in [9.17, 15) is 4.79 Å². The zero-order valence-electron chi connectivity index (χ0n) is 15.7. The molecule has 8 heteroatoms. The van der Waals surface area contributed by atoms with E-state index in [0.717, 1.165) is 43.3 Å². The summed E-state index contributed by atoms with van der Waals surface area (Å²) in [5, 5.41) is 7.86. The number of fused-ring (bicyclic) bond motifs is 1. The predicted octanol–water partition coefficient (Wildman–Crippen LogP) is 1.50. The first-order valence-electron chi connectivity index (χ1n) is 9.83. The molecule has 4 rings (SSSR count). The third-order valence-electron chi connectivity index (χ3n) is 5.28. The number of hydrogen-bond acceptors (Lipinski definition) is 6. The van der Waals surface area contributed by atoms with Crippen LogP contribution in [0.1, 0.15) is 37.1 Å². The summed E-state index contributed by atoms with van der Waals surface area (Å²) in [6.07, 6.45) is 9.22. The number of anilines is 1. The van der Waals surface area contributed by atoms with Gasteiger partial charge in [0.1, 0.15) is 5.82 Å². The second-order valence-electron chi connectivity index (χ2n) is 7.26. The van der Waals surface area contributed by atoms with Gasteiger partial charge in [0, 0.05) is 25.4 Å². The smallest absolute Gasteiger partial charge is 0.223 e. The number of carbonyl (C=O) groups is 1. The first-order valence-corrected chi connectivity index (χ1v) is 9.83. The molecule has 144 valence electrons. The van der Waals surface area contributed by atoms with Crippen molar-refractivity contribution in [1.29, 1.82) is 0 Å². The molecule has 0 aromatic carbocycles. The van der Waals surface area contributed by atoms with Gasteiger partial charge >= 0.3 is 0 Å². The van der Waals surface area contributed by atoms with Crippen molar-refractivity contribution >= 4 is 11.7 Å². The molecule has 0 saturated carbocycles. The fourth-order valence-corrected chi connectivity index (χ4v) is 3.81. The molecule has 0 unspecified atom stereocenters. The Morgan fingerprint density at radius 1 is 1.15 bits per heavy atom. The summed E-state index contributed by atoms with van der Waals surface area (Å²) < 4.78 is 2.02. The number of likely N-dealkylation sites (tertiary alicyclic amines) is 1. The highest BCUT2D eigenvalue weighted by molar-refractivity contribution is 5.76. The molecule has 0 radical (unpaired) electrons. The van der Waals surface area contributed by atoms with E-state index in [1.54, 1.807) is 18.6 Å². The predicted molar refractivity (Wildman–Crippen MR) is 102 cm³/mol. The van der Waals surface area contributed by atoms with Crippen molar-refractivity contribution < 1.29 is 4.79 Å². The summed E-state index contributed by atoms with van der Waals surface area (Å²) in [5.74, 6) is 0.999. The third kappa shape index (κ3) is 4.63. The molecule has 0 atom stereocenters. The van der Waals surface area contributed by atoms with E-state index in [-0.39, 0.29) is 5.91 Å². The van der Waals surface area contributed by atoms with E-state index in [1.807, 2.05) is 9.58 Å². The second-order valence-corrected chi connectivity index (χ2v) is 7.26. The minimum Gasteiger partial charge on any atom is -0.363 e. The van der Waals surface area contributed by atoms with E-state index in [0.29, 0.717) is 19.5 Å². The zero-order valence-corrected chi connectivity index (χ0v) is 15.7. The van der Waals surface area contributed by atoms with Gasteiger partial charge in [-0.3, -0.25) is 14.5 Å². The van der Waals surface area contributed by atoms with Crippen molar-refractivity contribution in [2.24, 2.45) is 0 Å². The Balaban J connectivity index is 1.26. The number of nitrogens with one attached hydrogen (secondary N) is 1. The van der Waals surface area contributed by atoms with Crippen molar-refractivity contribution in [2.75, 3.05) is 31.5 Å². The van der Waals surface area contributed by atoms with Crippen LogP contribution in [0.4, 0.5) is 5.82 Å². The van der Waals surface area contributed by atoms with E-state index < -0.39 is 0 Å². The van der Waals surface area contributed by atoms with Crippen LogP contribution < -0.4 is 5.32 Å². The standard InChI is InChI=1S/C19H27N7O/c27-19(4-3-9-24-7-1-2-8-24)25-10-11-26-17(15-25)12-16(23-26)13-22-18-14-20-5-6-21-18/h5-6,12,14H,1-4,7-11,13,15H2,(H,21,22). The Hall–Kier alpha value is -2.48.